The van der Waals surface area contributed by atoms with Crippen molar-refractivity contribution in [3.63, 3.8) is 0 Å². The van der Waals surface area contributed by atoms with Crippen molar-refractivity contribution >= 4 is 28.5 Å². The number of halogens is 2. The summed E-state index contributed by atoms with van der Waals surface area (Å²) in [6, 6.07) is 7.31. The van der Waals surface area contributed by atoms with Crippen LogP contribution in [0.25, 0.3) is 16.8 Å². The molecular formula is C22H23F2N7O. The lowest BCUT2D eigenvalue weighted by molar-refractivity contribution is 0.0928. The van der Waals surface area contributed by atoms with E-state index in [4.69, 9.17) is 0 Å². The number of rotatable bonds is 5. The third-order valence-electron chi connectivity index (χ3n) is 5.90. The number of H-pyrrole nitrogens is 1. The van der Waals surface area contributed by atoms with E-state index in [0.29, 0.717) is 28.2 Å². The third kappa shape index (κ3) is 3.88. The van der Waals surface area contributed by atoms with E-state index in [9.17, 15) is 13.6 Å². The maximum atomic E-state index is 13.0. The van der Waals surface area contributed by atoms with Crippen LogP contribution in [0.2, 0.25) is 0 Å². The summed E-state index contributed by atoms with van der Waals surface area (Å²) in [4.78, 5) is 28.5. The first-order valence-electron chi connectivity index (χ1n) is 10.6. The second-order valence-corrected chi connectivity index (χ2v) is 8.15. The Balaban J connectivity index is 1.22. The highest BCUT2D eigenvalue weighted by molar-refractivity contribution is 6.04. The van der Waals surface area contributed by atoms with E-state index in [-0.39, 0.29) is 23.7 Å². The van der Waals surface area contributed by atoms with Gasteiger partial charge in [0.1, 0.15) is 28.5 Å². The Bertz CT molecular complexity index is 1270. The van der Waals surface area contributed by atoms with E-state index in [1.807, 2.05) is 13.0 Å². The van der Waals surface area contributed by atoms with Gasteiger partial charge in [-0.05, 0) is 50.8 Å². The van der Waals surface area contributed by atoms with Crippen molar-refractivity contribution in [2.75, 3.05) is 5.32 Å². The molecule has 4 aromatic heterocycles. The van der Waals surface area contributed by atoms with Gasteiger partial charge in [0.2, 0.25) is 0 Å². The zero-order chi connectivity index (χ0) is 22.2. The highest BCUT2D eigenvalue weighted by atomic mass is 19.3. The van der Waals surface area contributed by atoms with Gasteiger partial charge in [-0.3, -0.25) is 9.20 Å². The topological polar surface area (TPSA) is 100 Å². The molecule has 0 radical (unpaired) electrons. The molecule has 0 unspecified atom stereocenters. The summed E-state index contributed by atoms with van der Waals surface area (Å²) in [5, 5.41) is 6.57. The van der Waals surface area contributed by atoms with Gasteiger partial charge in [0, 0.05) is 24.5 Å². The first kappa shape index (κ1) is 20.3. The molecule has 0 aromatic carbocycles. The quantitative estimate of drug-likeness (QED) is 0.436. The number of aromatic amines is 1. The Morgan fingerprint density at radius 2 is 1.94 bits per heavy atom. The van der Waals surface area contributed by atoms with E-state index in [1.165, 1.54) is 6.20 Å². The van der Waals surface area contributed by atoms with E-state index in [1.54, 1.807) is 28.8 Å². The summed E-state index contributed by atoms with van der Waals surface area (Å²) in [5.41, 5.74) is 1.95. The predicted molar refractivity (Wildman–Crippen MR) is 116 cm³/mol. The molecule has 3 N–H and O–H groups in total. The number of aryl methyl sites for hydroxylation is 1. The fourth-order valence-electron chi connectivity index (χ4n) is 4.32. The molecule has 0 atom stereocenters. The molecule has 1 fully saturated rings. The van der Waals surface area contributed by atoms with Crippen LogP contribution in [-0.4, -0.2) is 42.3 Å². The molecule has 0 aliphatic heterocycles. The van der Waals surface area contributed by atoms with E-state index in [0.717, 1.165) is 31.5 Å². The highest BCUT2D eigenvalue weighted by Crippen LogP contribution is 2.25. The van der Waals surface area contributed by atoms with Gasteiger partial charge in [0.15, 0.2) is 5.65 Å². The maximum absolute atomic E-state index is 13.0. The van der Waals surface area contributed by atoms with E-state index >= 15 is 0 Å². The molecule has 166 valence electrons. The van der Waals surface area contributed by atoms with Gasteiger partial charge in [-0.1, -0.05) is 6.07 Å². The first-order chi connectivity index (χ1) is 15.5. The monoisotopic (exact) mass is 439 g/mol. The number of aromatic nitrogens is 5. The number of carbonyl (C=O) groups is 1. The second kappa shape index (κ2) is 8.18. The number of fused-ring (bicyclic) bond motifs is 2. The van der Waals surface area contributed by atoms with Crippen molar-refractivity contribution in [3.05, 3.63) is 53.7 Å². The van der Waals surface area contributed by atoms with Crippen molar-refractivity contribution < 1.29 is 13.6 Å². The van der Waals surface area contributed by atoms with Gasteiger partial charge in [-0.2, -0.15) is 0 Å². The number of nitrogens with zero attached hydrogens (tertiary/aromatic N) is 4. The van der Waals surface area contributed by atoms with Crippen molar-refractivity contribution in [1.82, 2.24) is 29.7 Å². The third-order valence-corrected chi connectivity index (χ3v) is 5.90. The van der Waals surface area contributed by atoms with Gasteiger partial charge in [0.05, 0.1) is 5.56 Å². The van der Waals surface area contributed by atoms with Crippen LogP contribution < -0.4 is 10.6 Å². The molecule has 32 heavy (non-hydrogen) atoms. The Morgan fingerprint density at radius 3 is 2.72 bits per heavy atom. The zero-order valence-corrected chi connectivity index (χ0v) is 17.5. The molecule has 1 aliphatic rings. The van der Waals surface area contributed by atoms with E-state index in [2.05, 4.69) is 30.6 Å². The number of alkyl halides is 2. The van der Waals surface area contributed by atoms with Crippen LogP contribution in [0.1, 0.15) is 54.0 Å². The summed E-state index contributed by atoms with van der Waals surface area (Å²) >= 11 is 0. The largest absolute Gasteiger partial charge is 0.368 e. The number of imidazole rings is 2. The Hall–Kier alpha value is -3.56. The fraction of sp³-hybridized carbons (Fsp3) is 0.364. The smallest absolute Gasteiger partial charge is 0.281 e. The Kier molecular flexibility index (Phi) is 5.20. The minimum atomic E-state index is -2.60. The molecule has 0 spiro atoms. The molecule has 4 aromatic rings. The predicted octanol–water partition coefficient (Wildman–Crippen LogP) is 4.00. The van der Waals surface area contributed by atoms with Gasteiger partial charge >= 0.3 is 0 Å². The molecule has 4 heterocycles. The molecule has 10 heteroatoms. The standard InChI is InChI=1S/C22H23F2N7O/c1-12-26-19-15(9-10-25-21(19)27-12)22(32)29-14-7-5-13(6-8-14)28-17-3-2-4-18-30-16(20(23)24)11-31(17)18/h2-4,9-11,13-14,20,28H,5-8H2,1H3,(H,29,32)(H,25,26,27)/t13-,14+. The van der Waals surface area contributed by atoms with Gasteiger partial charge in [-0.25, -0.2) is 23.7 Å². The van der Waals surface area contributed by atoms with Crippen LogP contribution in [0.3, 0.4) is 0 Å². The van der Waals surface area contributed by atoms with Crippen LogP contribution in [0, 0.1) is 6.92 Å². The molecule has 5 rings (SSSR count). The van der Waals surface area contributed by atoms with Gasteiger partial charge in [0.25, 0.3) is 12.3 Å². The summed E-state index contributed by atoms with van der Waals surface area (Å²) in [5.74, 6) is 1.30. The lowest BCUT2D eigenvalue weighted by Gasteiger charge is -2.30. The van der Waals surface area contributed by atoms with Crippen LogP contribution in [-0.2, 0) is 0 Å². The number of pyridine rings is 2. The lowest BCUT2D eigenvalue weighted by Crippen LogP contribution is -2.40. The number of amides is 1. The summed E-state index contributed by atoms with van der Waals surface area (Å²) in [6.07, 6.45) is 3.72. The average molecular weight is 439 g/mol. The molecule has 8 nitrogen and oxygen atoms in total. The van der Waals surface area contributed by atoms with Crippen molar-refractivity contribution in [3.8, 4) is 0 Å². The highest BCUT2D eigenvalue weighted by Gasteiger charge is 2.24. The zero-order valence-electron chi connectivity index (χ0n) is 17.5. The van der Waals surface area contributed by atoms with Crippen molar-refractivity contribution in [2.45, 2.75) is 51.1 Å². The van der Waals surface area contributed by atoms with Crippen LogP contribution >= 0.6 is 0 Å². The molecule has 0 bridgehead atoms. The lowest BCUT2D eigenvalue weighted by atomic mass is 9.91. The van der Waals surface area contributed by atoms with Crippen LogP contribution in [0.15, 0.2) is 36.7 Å². The SMILES string of the molecule is Cc1nc2c(C(=O)N[C@H]3CC[C@@H](Nc4cccc5nc(C(F)F)cn45)CC3)ccnc2[nH]1. The Labute approximate surface area is 182 Å². The summed E-state index contributed by atoms with van der Waals surface area (Å²) < 4.78 is 27.7. The summed E-state index contributed by atoms with van der Waals surface area (Å²) in [6.45, 7) is 1.83. The normalized spacial score (nSPS) is 19.0. The molecule has 1 saturated carbocycles. The van der Waals surface area contributed by atoms with Crippen molar-refractivity contribution in [2.24, 2.45) is 0 Å². The van der Waals surface area contributed by atoms with Crippen molar-refractivity contribution in [1.29, 1.82) is 0 Å². The minimum absolute atomic E-state index is 0.0678. The number of carbonyl (C=O) groups excluding carboxylic acids is 1. The van der Waals surface area contributed by atoms with E-state index < -0.39 is 6.43 Å². The number of hydrogen-bond donors (Lipinski definition) is 3. The van der Waals surface area contributed by atoms with Gasteiger partial charge < -0.3 is 15.6 Å². The van der Waals surface area contributed by atoms with Gasteiger partial charge in [-0.15, -0.1) is 0 Å². The molecule has 1 amide bonds. The fourth-order valence-corrected chi connectivity index (χ4v) is 4.32. The average Bonchev–Trinajstić information content (AvgIpc) is 3.38. The number of hydrogen-bond acceptors (Lipinski definition) is 5. The first-order valence-corrected chi connectivity index (χ1v) is 10.6. The van der Waals surface area contributed by atoms with Crippen LogP contribution in [0.5, 0.6) is 0 Å². The molecular weight excluding hydrogens is 416 g/mol. The number of anilines is 1. The molecule has 0 saturated heterocycles. The Morgan fingerprint density at radius 1 is 1.16 bits per heavy atom. The summed E-state index contributed by atoms with van der Waals surface area (Å²) in [7, 11) is 0. The molecule has 1 aliphatic carbocycles. The number of nitrogens with one attached hydrogen (secondary N) is 3. The minimum Gasteiger partial charge on any atom is -0.368 e. The second-order valence-electron chi connectivity index (χ2n) is 8.15. The van der Waals surface area contributed by atoms with Crippen LogP contribution in [0.4, 0.5) is 14.6 Å². The maximum Gasteiger partial charge on any atom is 0.281 e.